The molecule has 0 aliphatic rings. The number of aliphatic hydroxyl groups is 1. The van der Waals surface area contributed by atoms with Gasteiger partial charge in [-0.1, -0.05) is 11.6 Å². The van der Waals surface area contributed by atoms with Crippen LogP contribution in [-0.2, 0) is 0 Å². The highest BCUT2D eigenvalue weighted by atomic mass is 35.5. The van der Waals surface area contributed by atoms with Crippen LogP contribution in [0.15, 0.2) is 18.3 Å². The van der Waals surface area contributed by atoms with Gasteiger partial charge in [0.15, 0.2) is 0 Å². The van der Waals surface area contributed by atoms with Gasteiger partial charge in [0, 0.05) is 12.6 Å². The molecule has 0 spiro atoms. The molecule has 1 rings (SSSR count). The van der Waals surface area contributed by atoms with Crippen molar-refractivity contribution in [3.8, 4) is 0 Å². The molecule has 16 heavy (non-hydrogen) atoms. The Labute approximate surface area is 96.1 Å². The molecule has 2 nitrogen and oxygen atoms in total. The van der Waals surface area contributed by atoms with Crippen LogP contribution in [0.4, 0.5) is 13.2 Å². The predicted molar refractivity (Wildman–Crippen MR) is 54.1 cm³/mol. The SMILES string of the molecule is OC(CCCC(F)(F)F)c1ncccc1Cl. The lowest BCUT2D eigenvalue weighted by Crippen LogP contribution is -2.08. The number of rotatable bonds is 4. The third-order valence-corrected chi connectivity index (χ3v) is 2.36. The van der Waals surface area contributed by atoms with E-state index in [2.05, 4.69) is 4.98 Å². The molecular weight excluding hydrogens is 243 g/mol. The molecule has 0 aliphatic carbocycles. The van der Waals surface area contributed by atoms with Gasteiger partial charge in [0.25, 0.3) is 0 Å². The van der Waals surface area contributed by atoms with Crippen molar-refractivity contribution in [1.29, 1.82) is 0 Å². The van der Waals surface area contributed by atoms with Gasteiger partial charge in [0.1, 0.15) is 0 Å². The van der Waals surface area contributed by atoms with Crippen molar-refractivity contribution < 1.29 is 18.3 Å². The Balaban J connectivity index is 2.47. The van der Waals surface area contributed by atoms with Crippen molar-refractivity contribution in [1.82, 2.24) is 4.98 Å². The molecular formula is C10H11ClF3NO. The summed E-state index contributed by atoms with van der Waals surface area (Å²) in [7, 11) is 0. The second-order valence-corrected chi connectivity index (χ2v) is 3.80. The zero-order valence-electron chi connectivity index (χ0n) is 8.34. The second kappa shape index (κ2) is 5.50. The zero-order valence-corrected chi connectivity index (χ0v) is 9.09. The molecule has 0 radical (unpaired) electrons. The number of nitrogens with zero attached hydrogens (tertiary/aromatic N) is 1. The molecule has 1 heterocycles. The van der Waals surface area contributed by atoms with Crippen LogP contribution in [0, 0.1) is 0 Å². The Morgan fingerprint density at radius 2 is 2.12 bits per heavy atom. The molecule has 1 unspecified atom stereocenters. The molecule has 0 bridgehead atoms. The third kappa shape index (κ3) is 4.37. The number of alkyl halides is 3. The first kappa shape index (κ1) is 13.3. The maximum atomic E-state index is 11.9. The van der Waals surface area contributed by atoms with Gasteiger partial charge in [0.05, 0.1) is 16.8 Å². The van der Waals surface area contributed by atoms with E-state index in [4.69, 9.17) is 11.6 Å². The molecule has 1 aromatic rings. The lowest BCUT2D eigenvalue weighted by Gasteiger charge is -2.12. The fourth-order valence-corrected chi connectivity index (χ4v) is 1.52. The van der Waals surface area contributed by atoms with Crippen LogP contribution in [0.5, 0.6) is 0 Å². The summed E-state index contributed by atoms with van der Waals surface area (Å²) in [5.41, 5.74) is 0.228. The lowest BCUT2D eigenvalue weighted by molar-refractivity contribution is -0.136. The molecule has 0 fully saturated rings. The summed E-state index contributed by atoms with van der Waals surface area (Å²) in [5.74, 6) is 0. The van der Waals surface area contributed by atoms with Crippen molar-refractivity contribution in [2.24, 2.45) is 0 Å². The smallest absolute Gasteiger partial charge is 0.387 e. The van der Waals surface area contributed by atoms with E-state index < -0.39 is 18.7 Å². The fourth-order valence-electron chi connectivity index (χ4n) is 1.28. The summed E-state index contributed by atoms with van der Waals surface area (Å²) < 4.78 is 35.6. The van der Waals surface area contributed by atoms with Gasteiger partial charge in [-0.3, -0.25) is 4.98 Å². The number of pyridine rings is 1. The molecule has 0 aliphatic heterocycles. The highest BCUT2D eigenvalue weighted by molar-refractivity contribution is 6.31. The molecule has 90 valence electrons. The topological polar surface area (TPSA) is 33.1 Å². The second-order valence-electron chi connectivity index (χ2n) is 3.39. The van der Waals surface area contributed by atoms with Crippen molar-refractivity contribution in [3.63, 3.8) is 0 Å². The van der Waals surface area contributed by atoms with Gasteiger partial charge >= 0.3 is 6.18 Å². The van der Waals surface area contributed by atoms with Gasteiger partial charge in [-0.05, 0) is 25.0 Å². The highest BCUT2D eigenvalue weighted by Crippen LogP contribution is 2.27. The molecule has 1 aromatic heterocycles. The van der Waals surface area contributed by atoms with Crippen LogP contribution in [0.25, 0.3) is 0 Å². The van der Waals surface area contributed by atoms with Crippen LogP contribution in [0.2, 0.25) is 5.02 Å². The highest BCUT2D eigenvalue weighted by Gasteiger charge is 2.27. The number of halogens is 4. The first-order valence-electron chi connectivity index (χ1n) is 4.75. The van der Waals surface area contributed by atoms with E-state index in [-0.39, 0.29) is 23.6 Å². The first-order valence-corrected chi connectivity index (χ1v) is 5.13. The molecule has 1 atom stereocenters. The zero-order chi connectivity index (χ0) is 12.2. The van der Waals surface area contributed by atoms with E-state index in [1.807, 2.05) is 0 Å². The maximum absolute atomic E-state index is 11.9. The third-order valence-electron chi connectivity index (χ3n) is 2.04. The lowest BCUT2D eigenvalue weighted by atomic mass is 10.1. The van der Waals surface area contributed by atoms with Gasteiger partial charge in [-0.25, -0.2) is 0 Å². The summed E-state index contributed by atoms with van der Waals surface area (Å²) in [4.78, 5) is 3.83. The monoisotopic (exact) mass is 253 g/mol. The Morgan fingerprint density at radius 1 is 1.44 bits per heavy atom. The normalized spacial score (nSPS) is 13.8. The van der Waals surface area contributed by atoms with Gasteiger partial charge in [0.2, 0.25) is 0 Å². The number of hydrogen-bond donors (Lipinski definition) is 1. The first-order chi connectivity index (χ1) is 7.40. The Bertz CT molecular complexity index is 343. The summed E-state index contributed by atoms with van der Waals surface area (Å²) in [6, 6.07) is 3.13. The van der Waals surface area contributed by atoms with Crippen LogP contribution in [0.1, 0.15) is 31.1 Å². The van der Waals surface area contributed by atoms with E-state index in [1.165, 1.54) is 12.3 Å². The summed E-state index contributed by atoms with van der Waals surface area (Å²) in [5, 5.41) is 9.85. The maximum Gasteiger partial charge on any atom is 0.389 e. The largest absolute Gasteiger partial charge is 0.389 e. The van der Waals surface area contributed by atoms with Crippen LogP contribution in [0.3, 0.4) is 0 Å². The van der Waals surface area contributed by atoms with E-state index in [9.17, 15) is 18.3 Å². The van der Waals surface area contributed by atoms with Crippen molar-refractivity contribution >= 4 is 11.6 Å². The minimum absolute atomic E-state index is 0.00373. The Kier molecular flexibility index (Phi) is 4.56. The van der Waals surface area contributed by atoms with Crippen LogP contribution >= 0.6 is 11.6 Å². The van der Waals surface area contributed by atoms with Crippen molar-refractivity contribution in [2.45, 2.75) is 31.5 Å². The molecule has 0 amide bonds. The average Bonchev–Trinajstić information content (AvgIpc) is 2.16. The standard InChI is InChI=1S/C10H11ClF3NO/c11-7-3-2-6-15-9(7)8(16)4-1-5-10(12,13)14/h2-3,6,8,16H,1,4-5H2. The molecule has 0 saturated heterocycles. The van der Waals surface area contributed by atoms with E-state index in [0.717, 1.165) is 0 Å². The van der Waals surface area contributed by atoms with Crippen LogP contribution < -0.4 is 0 Å². The molecule has 0 saturated carbocycles. The van der Waals surface area contributed by atoms with Crippen molar-refractivity contribution in [2.75, 3.05) is 0 Å². The average molecular weight is 254 g/mol. The minimum atomic E-state index is -4.19. The molecule has 6 heteroatoms. The minimum Gasteiger partial charge on any atom is -0.387 e. The van der Waals surface area contributed by atoms with Gasteiger partial charge < -0.3 is 5.11 Å². The predicted octanol–water partition coefficient (Wildman–Crippen LogP) is 3.50. The Morgan fingerprint density at radius 3 is 2.69 bits per heavy atom. The number of aliphatic hydroxyl groups excluding tert-OH is 1. The van der Waals surface area contributed by atoms with Gasteiger partial charge in [-0.15, -0.1) is 0 Å². The fraction of sp³-hybridized carbons (Fsp3) is 0.500. The number of aromatic nitrogens is 1. The quantitative estimate of drug-likeness (QED) is 0.891. The Hall–Kier alpha value is -0.810. The van der Waals surface area contributed by atoms with Crippen molar-refractivity contribution in [3.05, 3.63) is 29.0 Å². The number of hydrogen-bond acceptors (Lipinski definition) is 2. The van der Waals surface area contributed by atoms with E-state index in [0.29, 0.717) is 0 Å². The van der Waals surface area contributed by atoms with Crippen LogP contribution in [-0.4, -0.2) is 16.3 Å². The summed E-state index contributed by atoms with van der Waals surface area (Å²) >= 11 is 5.74. The summed E-state index contributed by atoms with van der Waals surface area (Å²) in [6.07, 6.45) is -4.85. The molecule has 0 aromatic carbocycles. The van der Waals surface area contributed by atoms with E-state index >= 15 is 0 Å². The summed E-state index contributed by atoms with van der Waals surface area (Å²) in [6.45, 7) is 0. The van der Waals surface area contributed by atoms with Gasteiger partial charge in [-0.2, -0.15) is 13.2 Å². The molecule has 1 N–H and O–H groups in total. The van der Waals surface area contributed by atoms with E-state index in [1.54, 1.807) is 6.07 Å².